The molecule has 0 spiro atoms. The average Bonchev–Trinajstić information content (AvgIpc) is 2.83. The van der Waals surface area contributed by atoms with Crippen LogP contribution in [0, 0.1) is 0 Å². The summed E-state index contributed by atoms with van der Waals surface area (Å²) in [5, 5.41) is 8.71. The number of nitrogens with zero attached hydrogens (tertiary/aromatic N) is 1. The maximum absolute atomic E-state index is 12.8. The maximum Gasteiger partial charge on any atom is 0.417 e. The molecule has 2 rings (SSSR count). The Morgan fingerprint density at radius 2 is 1.86 bits per heavy atom. The van der Waals surface area contributed by atoms with Crippen molar-refractivity contribution in [2.75, 3.05) is 0 Å². The van der Waals surface area contributed by atoms with Gasteiger partial charge in [-0.05, 0) is 12.1 Å². The molecule has 0 fully saturated rings. The van der Waals surface area contributed by atoms with Gasteiger partial charge >= 0.3 is 12.1 Å². The molecule has 0 aliphatic carbocycles. The van der Waals surface area contributed by atoms with Crippen molar-refractivity contribution in [3.8, 4) is 11.5 Å². The monoisotopic (exact) mass is 307 g/mol. The molecular weight excluding hydrogens is 301 g/mol. The van der Waals surface area contributed by atoms with Crippen LogP contribution in [0.4, 0.5) is 22.0 Å². The number of hydrogen-bond acceptors (Lipinski definition) is 3. The van der Waals surface area contributed by atoms with Crippen molar-refractivity contribution in [3.63, 3.8) is 0 Å². The summed E-state index contributed by atoms with van der Waals surface area (Å²) in [7, 11) is 0. The van der Waals surface area contributed by atoms with Gasteiger partial charge in [0, 0.05) is 5.56 Å². The first-order chi connectivity index (χ1) is 9.71. The van der Waals surface area contributed by atoms with E-state index in [1.165, 1.54) is 6.07 Å². The molecule has 0 unspecified atom stereocenters. The third kappa shape index (κ3) is 2.86. The van der Waals surface area contributed by atoms with Gasteiger partial charge in [-0.3, -0.25) is 0 Å². The van der Waals surface area contributed by atoms with Crippen LogP contribution in [0.5, 0.6) is 0 Å². The summed E-state index contributed by atoms with van der Waals surface area (Å²) < 4.78 is 68.3. The Kier molecular flexibility index (Phi) is 3.67. The summed E-state index contributed by atoms with van der Waals surface area (Å²) in [6.07, 6.45) is -8.05. The van der Waals surface area contributed by atoms with E-state index in [2.05, 4.69) is 9.40 Å². The van der Waals surface area contributed by atoms with Crippen LogP contribution in [-0.4, -0.2) is 16.1 Å². The van der Waals surface area contributed by atoms with Crippen LogP contribution in [-0.2, 0) is 6.18 Å². The zero-order chi connectivity index (χ0) is 15.8. The van der Waals surface area contributed by atoms with Crippen LogP contribution >= 0.6 is 0 Å². The minimum atomic E-state index is -4.76. The summed E-state index contributed by atoms with van der Waals surface area (Å²) in [5.41, 5.74) is -2.99. The molecule has 4 nitrogen and oxygen atoms in total. The van der Waals surface area contributed by atoms with E-state index in [1.54, 1.807) is 0 Å². The van der Waals surface area contributed by atoms with Gasteiger partial charge in [0.25, 0.3) is 6.43 Å². The predicted octanol–water partition coefficient (Wildman–Crippen LogP) is 4.00. The molecule has 1 heterocycles. The van der Waals surface area contributed by atoms with E-state index in [-0.39, 0.29) is 0 Å². The highest BCUT2D eigenvalue weighted by atomic mass is 19.4. The van der Waals surface area contributed by atoms with Crippen molar-refractivity contribution >= 4 is 5.97 Å². The van der Waals surface area contributed by atoms with Crippen LogP contribution in [0.1, 0.15) is 28.2 Å². The van der Waals surface area contributed by atoms with Crippen molar-refractivity contribution < 1.29 is 36.3 Å². The molecule has 0 bridgehead atoms. The Bertz CT molecular complexity index is 678. The summed E-state index contributed by atoms with van der Waals surface area (Å²) in [5.74, 6) is -3.85. The lowest BCUT2D eigenvalue weighted by Crippen LogP contribution is -2.06. The number of benzene rings is 1. The Hall–Kier alpha value is -2.45. The predicted molar refractivity (Wildman–Crippen MR) is 58.9 cm³/mol. The number of rotatable bonds is 3. The number of halogens is 5. The lowest BCUT2D eigenvalue weighted by atomic mass is 10.1. The lowest BCUT2D eigenvalue weighted by Gasteiger charge is -2.09. The topological polar surface area (TPSA) is 63.3 Å². The minimum Gasteiger partial charge on any atom is -0.475 e. The molecule has 0 aliphatic heterocycles. The lowest BCUT2D eigenvalue weighted by molar-refractivity contribution is -0.137. The fourth-order valence-electron chi connectivity index (χ4n) is 1.67. The molecule has 21 heavy (non-hydrogen) atoms. The third-order valence-corrected chi connectivity index (χ3v) is 2.52. The van der Waals surface area contributed by atoms with Crippen LogP contribution < -0.4 is 0 Å². The molecule has 0 radical (unpaired) electrons. The van der Waals surface area contributed by atoms with Crippen molar-refractivity contribution in [1.29, 1.82) is 0 Å². The zero-order valence-corrected chi connectivity index (χ0v) is 9.99. The van der Waals surface area contributed by atoms with Gasteiger partial charge in [-0.1, -0.05) is 12.1 Å². The average molecular weight is 307 g/mol. The highest BCUT2D eigenvalue weighted by molar-refractivity contribution is 5.86. The number of oxazole rings is 1. The van der Waals surface area contributed by atoms with E-state index < -0.39 is 47.0 Å². The van der Waals surface area contributed by atoms with E-state index in [1.807, 2.05) is 0 Å². The van der Waals surface area contributed by atoms with Gasteiger partial charge in [0.15, 0.2) is 5.69 Å². The Balaban J connectivity index is 2.64. The molecule has 0 amide bonds. The second-order valence-corrected chi connectivity index (χ2v) is 3.88. The SMILES string of the molecule is O=C(O)c1oc(-c2ccccc2C(F)(F)F)nc1C(F)F. The van der Waals surface area contributed by atoms with Gasteiger partial charge in [-0.25, -0.2) is 18.6 Å². The summed E-state index contributed by atoms with van der Waals surface area (Å²) in [6.45, 7) is 0. The number of carboxylic acids is 1. The molecule has 2 aromatic rings. The first kappa shape index (κ1) is 14.9. The van der Waals surface area contributed by atoms with Crippen LogP contribution in [0.25, 0.3) is 11.5 Å². The number of alkyl halides is 5. The summed E-state index contributed by atoms with van der Waals surface area (Å²) in [6, 6.07) is 3.98. The molecule has 112 valence electrons. The normalized spacial score (nSPS) is 11.9. The van der Waals surface area contributed by atoms with Gasteiger partial charge in [-0.2, -0.15) is 13.2 Å². The molecule has 1 aromatic heterocycles. The van der Waals surface area contributed by atoms with E-state index in [9.17, 15) is 26.7 Å². The molecule has 1 N–H and O–H groups in total. The van der Waals surface area contributed by atoms with Crippen LogP contribution in [0.3, 0.4) is 0 Å². The summed E-state index contributed by atoms with van der Waals surface area (Å²) in [4.78, 5) is 13.9. The van der Waals surface area contributed by atoms with Crippen molar-refractivity contribution in [2.24, 2.45) is 0 Å². The quantitative estimate of drug-likeness (QED) is 0.871. The molecule has 0 saturated heterocycles. The van der Waals surface area contributed by atoms with E-state index >= 15 is 0 Å². The zero-order valence-electron chi connectivity index (χ0n) is 9.99. The minimum absolute atomic E-state index is 0.612. The highest BCUT2D eigenvalue weighted by Crippen LogP contribution is 2.38. The Labute approximate surface area is 113 Å². The first-order valence-corrected chi connectivity index (χ1v) is 5.40. The second-order valence-electron chi connectivity index (χ2n) is 3.88. The smallest absolute Gasteiger partial charge is 0.417 e. The largest absolute Gasteiger partial charge is 0.475 e. The van der Waals surface area contributed by atoms with Gasteiger partial charge < -0.3 is 9.52 Å². The standard InChI is InChI=1S/C12H6F5NO3/c13-9(14)7-8(11(19)20)21-10(18-7)5-3-1-2-4-6(5)12(15,16)17/h1-4,9H,(H,19,20). The van der Waals surface area contributed by atoms with Crippen molar-refractivity contribution in [3.05, 3.63) is 41.3 Å². The highest BCUT2D eigenvalue weighted by Gasteiger charge is 2.36. The van der Waals surface area contributed by atoms with Gasteiger partial charge in [0.2, 0.25) is 11.7 Å². The fourth-order valence-corrected chi connectivity index (χ4v) is 1.67. The Morgan fingerprint density at radius 1 is 1.24 bits per heavy atom. The number of carboxylic acid groups (broad SMARTS) is 1. The van der Waals surface area contributed by atoms with Gasteiger partial charge in [-0.15, -0.1) is 0 Å². The van der Waals surface area contributed by atoms with Gasteiger partial charge in [0.1, 0.15) is 0 Å². The second kappa shape index (κ2) is 5.15. The van der Waals surface area contributed by atoms with Crippen molar-refractivity contribution in [1.82, 2.24) is 4.98 Å². The molecule has 0 saturated carbocycles. The Morgan fingerprint density at radius 3 is 2.33 bits per heavy atom. The maximum atomic E-state index is 12.8. The number of aromatic nitrogens is 1. The molecule has 0 aliphatic rings. The van der Waals surface area contributed by atoms with Crippen LogP contribution in [0.15, 0.2) is 28.7 Å². The van der Waals surface area contributed by atoms with E-state index in [4.69, 9.17) is 5.11 Å². The first-order valence-electron chi connectivity index (χ1n) is 5.40. The van der Waals surface area contributed by atoms with E-state index in [0.717, 1.165) is 12.1 Å². The molecule has 0 atom stereocenters. The fraction of sp³-hybridized carbons (Fsp3) is 0.167. The van der Waals surface area contributed by atoms with E-state index in [0.29, 0.717) is 6.07 Å². The number of carbonyl (C=O) groups is 1. The third-order valence-electron chi connectivity index (χ3n) is 2.52. The molecule has 1 aromatic carbocycles. The molecule has 9 heteroatoms. The van der Waals surface area contributed by atoms with Crippen molar-refractivity contribution in [2.45, 2.75) is 12.6 Å². The number of hydrogen-bond donors (Lipinski definition) is 1. The number of aromatic carboxylic acids is 1. The van der Waals surface area contributed by atoms with Crippen LogP contribution in [0.2, 0.25) is 0 Å². The molecular formula is C12H6F5NO3. The van der Waals surface area contributed by atoms with Gasteiger partial charge in [0.05, 0.1) is 5.56 Å². The summed E-state index contributed by atoms with van der Waals surface area (Å²) >= 11 is 0.